The Morgan fingerprint density at radius 3 is 1.37 bits per heavy atom. The fourth-order valence-corrected chi connectivity index (χ4v) is 3.87. The van der Waals surface area contributed by atoms with Crippen LogP contribution in [0.2, 0.25) is 0 Å². The summed E-state index contributed by atoms with van der Waals surface area (Å²) in [5, 5.41) is 8.44. The molecule has 0 aliphatic rings. The average Bonchev–Trinajstić information content (AvgIpc) is 2.62. The van der Waals surface area contributed by atoms with E-state index in [4.69, 9.17) is 5.11 Å². The molecule has 0 radical (unpaired) electrons. The van der Waals surface area contributed by atoms with E-state index >= 15 is 0 Å². The van der Waals surface area contributed by atoms with Gasteiger partial charge in [0.05, 0.1) is 25.6 Å². The summed E-state index contributed by atoms with van der Waals surface area (Å²) < 4.78 is 212. The lowest BCUT2D eigenvalue weighted by molar-refractivity contribution is -0.356. The molecule has 0 aromatic heterocycles. The van der Waals surface area contributed by atoms with Crippen molar-refractivity contribution in [2.45, 2.75) is 55.3 Å². The molecular formula is C15H19F14NO4S. The number of rotatable bonds is 13. The molecule has 0 aromatic carbocycles. The highest BCUT2D eigenvalue weighted by Gasteiger charge is 2.75. The second-order valence-corrected chi connectivity index (χ2v) is 9.13. The van der Waals surface area contributed by atoms with E-state index in [1.807, 2.05) is 0 Å². The van der Waals surface area contributed by atoms with Crippen LogP contribution in [0.3, 0.4) is 0 Å². The van der Waals surface area contributed by atoms with Crippen LogP contribution < -0.4 is 4.72 Å². The maximum Gasteiger partial charge on any atom is 0.431 e. The molecule has 212 valence electrons. The summed E-state index contributed by atoms with van der Waals surface area (Å²) in [5.41, 5.74) is -12.8. The van der Waals surface area contributed by atoms with Crippen molar-refractivity contribution in [1.82, 2.24) is 4.72 Å². The van der Waals surface area contributed by atoms with Crippen molar-refractivity contribution in [3.63, 3.8) is 0 Å². The van der Waals surface area contributed by atoms with Gasteiger partial charge in [0.25, 0.3) is 11.3 Å². The Morgan fingerprint density at radius 2 is 1.06 bits per heavy atom. The Kier molecular flexibility index (Phi) is 11.1. The van der Waals surface area contributed by atoms with Crippen LogP contribution in [0.1, 0.15) is 19.3 Å². The Hall–Kier alpha value is -1.15. The van der Waals surface area contributed by atoms with Crippen molar-refractivity contribution in [3.8, 4) is 0 Å². The van der Waals surface area contributed by atoms with Gasteiger partial charge in [-0.3, -0.25) is 0 Å². The summed E-state index contributed by atoms with van der Waals surface area (Å²) in [6.45, 7) is -1.87. The van der Waals surface area contributed by atoms with Crippen molar-refractivity contribution in [2.24, 2.45) is 5.92 Å². The molecule has 0 atom stereocenters. The average molecular weight is 575 g/mol. The third-order valence-corrected chi connectivity index (χ3v) is 5.95. The number of sulfonamides is 1. The quantitative estimate of drug-likeness (QED) is 0.253. The molecule has 35 heavy (non-hydrogen) atoms. The lowest BCUT2D eigenvalue weighted by Gasteiger charge is -2.37. The lowest BCUT2D eigenvalue weighted by atomic mass is 9.81. The first-order chi connectivity index (χ1) is 15.3. The molecule has 20 heteroatoms. The number of alkyl halides is 14. The van der Waals surface area contributed by atoms with Crippen molar-refractivity contribution < 1.29 is 79.7 Å². The number of hydrogen-bond acceptors (Lipinski definition) is 4. The monoisotopic (exact) mass is 575 g/mol. The van der Waals surface area contributed by atoms with Gasteiger partial charge >= 0.3 is 24.7 Å². The van der Waals surface area contributed by atoms with Gasteiger partial charge in [0.2, 0.25) is 10.0 Å². The smallest absolute Gasteiger partial charge is 0.394 e. The molecule has 0 bridgehead atoms. The first kappa shape index (κ1) is 33.8. The predicted molar refractivity (Wildman–Crippen MR) is 88.9 cm³/mol. The number of hydrogen-bond donors (Lipinski definition) is 2. The van der Waals surface area contributed by atoms with E-state index < -0.39 is 96.8 Å². The van der Waals surface area contributed by atoms with Crippen LogP contribution in [-0.2, 0) is 14.8 Å². The van der Waals surface area contributed by atoms with Crippen LogP contribution in [0.15, 0.2) is 0 Å². The highest BCUT2D eigenvalue weighted by Crippen LogP contribution is 2.54. The highest BCUT2D eigenvalue weighted by molar-refractivity contribution is 7.89. The zero-order chi connectivity index (χ0) is 28.1. The van der Waals surface area contributed by atoms with Crippen LogP contribution in [0, 0.1) is 5.92 Å². The van der Waals surface area contributed by atoms with E-state index in [1.165, 1.54) is 0 Å². The molecule has 0 fully saturated rings. The standard InChI is InChI=1S/C15H19F14NO4S/c16-10(12(18,19)20,13(21,22)23)7-9(8-11(17,14(24,25)26)15(27,28)29)1-6-35(32,33)30-2-4-34-5-3-31/h9,30-31H,1-8H2. The van der Waals surface area contributed by atoms with Crippen LogP contribution >= 0.6 is 0 Å². The van der Waals surface area contributed by atoms with E-state index in [0.717, 1.165) is 0 Å². The summed E-state index contributed by atoms with van der Waals surface area (Å²) in [7, 11) is -4.78. The Balaban J connectivity index is 6.09. The molecule has 0 unspecified atom stereocenters. The molecule has 0 heterocycles. The summed E-state index contributed by atoms with van der Waals surface area (Å²) >= 11 is 0. The summed E-state index contributed by atoms with van der Waals surface area (Å²) in [4.78, 5) is 0. The third kappa shape index (κ3) is 9.03. The van der Waals surface area contributed by atoms with Gasteiger partial charge in [-0.15, -0.1) is 0 Å². The topological polar surface area (TPSA) is 75.6 Å². The first-order valence-corrected chi connectivity index (χ1v) is 10.8. The number of aliphatic hydroxyl groups is 1. The molecule has 0 aliphatic carbocycles. The first-order valence-electron chi connectivity index (χ1n) is 9.15. The zero-order valence-corrected chi connectivity index (χ0v) is 17.9. The predicted octanol–water partition coefficient (Wildman–Crippen LogP) is 4.37. The molecule has 0 amide bonds. The molecular weight excluding hydrogens is 556 g/mol. The SMILES string of the molecule is O=S(=O)(CCC(CC(F)(C(F)(F)F)C(F)(F)F)CC(F)(C(F)(F)F)C(F)(F)F)NCCOCCO. The second-order valence-electron chi connectivity index (χ2n) is 7.21. The van der Waals surface area contributed by atoms with E-state index in [1.54, 1.807) is 4.72 Å². The maximum absolute atomic E-state index is 14.0. The van der Waals surface area contributed by atoms with E-state index in [0.29, 0.717) is 0 Å². The van der Waals surface area contributed by atoms with Gasteiger partial charge in [0.15, 0.2) is 0 Å². The number of aliphatic hydroxyl groups excluding tert-OH is 1. The molecule has 0 spiro atoms. The van der Waals surface area contributed by atoms with Crippen molar-refractivity contribution >= 4 is 10.0 Å². The number of ether oxygens (including phenoxy) is 1. The zero-order valence-electron chi connectivity index (χ0n) is 17.1. The van der Waals surface area contributed by atoms with Crippen molar-refractivity contribution in [2.75, 3.05) is 32.1 Å². The van der Waals surface area contributed by atoms with Crippen LogP contribution in [0.25, 0.3) is 0 Å². The van der Waals surface area contributed by atoms with Crippen molar-refractivity contribution in [1.29, 1.82) is 0 Å². The van der Waals surface area contributed by atoms with Gasteiger partial charge in [-0.2, -0.15) is 52.7 Å². The Morgan fingerprint density at radius 1 is 0.686 bits per heavy atom. The maximum atomic E-state index is 14.0. The summed E-state index contributed by atoms with van der Waals surface area (Å²) in [6, 6.07) is 0. The molecule has 0 aliphatic heterocycles. The van der Waals surface area contributed by atoms with E-state index in [9.17, 15) is 69.9 Å². The van der Waals surface area contributed by atoms with Gasteiger partial charge in [0, 0.05) is 19.4 Å². The minimum Gasteiger partial charge on any atom is -0.394 e. The molecule has 0 saturated heterocycles. The van der Waals surface area contributed by atoms with E-state index in [-0.39, 0.29) is 6.61 Å². The minimum absolute atomic E-state index is 0.287. The normalized spacial score (nSPS) is 15.2. The molecule has 0 saturated carbocycles. The second kappa shape index (κ2) is 11.5. The van der Waals surface area contributed by atoms with Crippen molar-refractivity contribution in [3.05, 3.63) is 0 Å². The van der Waals surface area contributed by atoms with Crippen LogP contribution in [0.4, 0.5) is 61.5 Å². The Labute approximate surface area is 188 Å². The fraction of sp³-hybridized carbons (Fsp3) is 1.00. The fourth-order valence-electron chi connectivity index (χ4n) is 2.69. The molecule has 5 nitrogen and oxygen atoms in total. The largest absolute Gasteiger partial charge is 0.431 e. The molecule has 0 rings (SSSR count). The molecule has 2 N–H and O–H groups in total. The van der Waals surface area contributed by atoms with Gasteiger partial charge in [-0.25, -0.2) is 21.9 Å². The highest BCUT2D eigenvalue weighted by atomic mass is 32.2. The Bertz CT molecular complexity index is 692. The summed E-state index contributed by atoms with van der Waals surface area (Å²) in [5.74, 6) is -5.05. The minimum atomic E-state index is -6.90. The lowest BCUT2D eigenvalue weighted by Crippen LogP contribution is -2.57. The van der Waals surface area contributed by atoms with Gasteiger partial charge in [0.1, 0.15) is 0 Å². The van der Waals surface area contributed by atoms with Gasteiger partial charge in [-0.05, 0) is 12.3 Å². The number of nitrogens with one attached hydrogen (secondary N) is 1. The van der Waals surface area contributed by atoms with Gasteiger partial charge in [-0.1, -0.05) is 0 Å². The van der Waals surface area contributed by atoms with Crippen LogP contribution in [0.5, 0.6) is 0 Å². The molecule has 0 aromatic rings. The third-order valence-electron chi connectivity index (χ3n) is 4.54. The number of halogens is 14. The van der Waals surface area contributed by atoms with E-state index in [2.05, 4.69) is 4.74 Å². The summed E-state index contributed by atoms with van der Waals surface area (Å²) in [6.07, 6.45) is -35.8. The van der Waals surface area contributed by atoms with Crippen LogP contribution in [-0.4, -0.2) is 81.7 Å². The van der Waals surface area contributed by atoms with Gasteiger partial charge < -0.3 is 9.84 Å².